The van der Waals surface area contributed by atoms with Crippen LogP contribution in [0, 0.1) is 0 Å². The minimum atomic E-state index is 0.419. The van der Waals surface area contributed by atoms with E-state index in [1.165, 1.54) is 0 Å². The van der Waals surface area contributed by atoms with E-state index in [1.54, 1.807) is 0 Å². The summed E-state index contributed by atoms with van der Waals surface area (Å²) in [5, 5.41) is 3.61. The first kappa shape index (κ1) is 12.1. The molecule has 2 aromatic rings. The number of para-hydroxylation sites is 2. The second kappa shape index (κ2) is 5.29. The molecule has 0 aliphatic heterocycles. The molecule has 0 unspecified atom stereocenters. The lowest BCUT2D eigenvalue weighted by atomic mass is 10.3. The lowest BCUT2D eigenvalue weighted by Gasteiger charge is -2.11. The van der Waals surface area contributed by atoms with Gasteiger partial charge in [-0.25, -0.2) is 9.97 Å². The molecule has 17 heavy (non-hydrogen) atoms. The van der Waals surface area contributed by atoms with Gasteiger partial charge in [-0.1, -0.05) is 23.7 Å². The highest BCUT2D eigenvalue weighted by Gasteiger charge is 2.05. The third-order valence-electron chi connectivity index (χ3n) is 2.38. The molecule has 1 heterocycles. The molecule has 0 saturated carbocycles. The average Bonchev–Trinajstić information content (AvgIpc) is 2.29. The van der Waals surface area contributed by atoms with Gasteiger partial charge in [-0.15, -0.1) is 0 Å². The molecule has 0 bridgehead atoms. The number of hydrogen-bond acceptors (Lipinski definition) is 4. The summed E-state index contributed by atoms with van der Waals surface area (Å²) in [5.74, 6) is 0.646. The normalized spacial score (nSPS) is 11.1. The highest BCUT2D eigenvalue weighted by molar-refractivity contribution is 6.32. The summed E-state index contributed by atoms with van der Waals surface area (Å²) in [5.41, 5.74) is 1.67. The zero-order valence-electron chi connectivity index (χ0n) is 9.94. The molecule has 0 atom stereocenters. The molecule has 90 valence electrons. The van der Waals surface area contributed by atoms with Crippen molar-refractivity contribution in [3.8, 4) is 0 Å². The lowest BCUT2D eigenvalue weighted by Crippen LogP contribution is -2.21. The molecule has 1 aromatic heterocycles. The predicted octanol–water partition coefficient (Wildman–Crippen LogP) is 2.26. The molecule has 0 fully saturated rings. The fourth-order valence-corrected chi connectivity index (χ4v) is 1.69. The van der Waals surface area contributed by atoms with Gasteiger partial charge in [0.05, 0.1) is 11.0 Å². The Kier molecular flexibility index (Phi) is 3.76. The van der Waals surface area contributed by atoms with E-state index in [-0.39, 0.29) is 0 Å². The topological polar surface area (TPSA) is 41.0 Å². The van der Waals surface area contributed by atoms with Gasteiger partial charge in [-0.2, -0.15) is 0 Å². The number of nitrogens with zero attached hydrogens (tertiary/aromatic N) is 3. The van der Waals surface area contributed by atoms with E-state index in [0.717, 1.165) is 24.1 Å². The van der Waals surface area contributed by atoms with Gasteiger partial charge < -0.3 is 10.2 Å². The molecule has 0 amide bonds. The highest BCUT2D eigenvalue weighted by Crippen LogP contribution is 2.20. The Morgan fingerprint density at radius 2 is 1.82 bits per heavy atom. The maximum absolute atomic E-state index is 6.07. The Morgan fingerprint density at radius 3 is 2.47 bits per heavy atom. The lowest BCUT2D eigenvalue weighted by molar-refractivity contribution is 0.425. The van der Waals surface area contributed by atoms with Gasteiger partial charge in [0.2, 0.25) is 0 Å². The first-order chi connectivity index (χ1) is 8.16. The predicted molar refractivity (Wildman–Crippen MR) is 71.6 cm³/mol. The van der Waals surface area contributed by atoms with E-state index >= 15 is 0 Å². The third kappa shape index (κ3) is 3.05. The van der Waals surface area contributed by atoms with Crippen LogP contribution in [0.15, 0.2) is 24.3 Å². The zero-order chi connectivity index (χ0) is 12.3. The number of hydrogen-bond donors (Lipinski definition) is 1. The van der Waals surface area contributed by atoms with Crippen LogP contribution in [0.5, 0.6) is 0 Å². The SMILES string of the molecule is CN(C)CCNc1nc2ccccc2nc1Cl. The molecular formula is C12H15ClN4. The van der Waals surface area contributed by atoms with Crippen molar-refractivity contribution in [2.45, 2.75) is 0 Å². The van der Waals surface area contributed by atoms with Crippen LogP contribution in [0.4, 0.5) is 5.82 Å². The fourth-order valence-electron chi connectivity index (χ4n) is 1.49. The van der Waals surface area contributed by atoms with Gasteiger partial charge in [0.15, 0.2) is 11.0 Å². The van der Waals surface area contributed by atoms with Crippen molar-refractivity contribution >= 4 is 28.5 Å². The minimum absolute atomic E-state index is 0.419. The van der Waals surface area contributed by atoms with E-state index in [0.29, 0.717) is 11.0 Å². The van der Waals surface area contributed by atoms with Crippen molar-refractivity contribution < 1.29 is 0 Å². The number of nitrogens with one attached hydrogen (secondary N) is 1. The molecule has 1 aromatic carbocycles. The average molecular weight is 251 g/mol. The van der Waals surface area contributed by atoms with E-state index in [4.69, 9.17) is 11.6 Å². The van der Waals surface area contributed by atoms with Crippen LogP contribution < -0.4 is 5.32 Å². The van der Waals surface area contributed by atoms with Crippen LogP contribution >= 0.6 is 11.6 Å². The van der Waals surface area contributed by atoms with Crippen molar-refractivity contribution in [2.75, 3.05) is 32.5 Å². The first-order valence-corrected chi connectivity index (χ1v) is 5.85. The Bertz CT molecular complexity index is 513. The zero-order valence-corrected chi connectivity index (χ0v) is 10.7. The minimum Gasteiger partial charge on any atom is -0.366 e. The highest BCUT2D eigenvalue weighted by atomic mass is 35.5. The summed E-state index contributed by atoms with van der Waals surface area (Å²) >= 11 is 6.07. The van der Waals surface area contributed by atoms with Crippen molar-refractivity contribution in [3.05, 3.63) is 29.4 Å². The van der Waals surface area contributed by atoms with Gasteiger partial charge in [0.25, 0.3) is 0 Å². The summed E-state index contributed by atoms with van der Waals surface area (Å²) in [6, 6.07) is 7.69. The van der Waals surface area contributed by atoms with Crippen molar-refractivity contribution in [3.63, 3.8) is 0 Å². The van der Waals surface area contributed by atoms with Gasteiger partial charge in [0.1, 0.15) is 0 Å². The van der Waals surface area contributed by atoms with Gasteiger partial charge >= 0.3 is 0 Å². The summed E-state index contributed by atoms with van der Waals surface area (Å²) in [6.45, 7) is 1.71. The van der Waals surface area contributed by atoms with E-state index in [9.17, 15) is 0 Å². The van der Waals surface area contributed by atoms with Crippen molar-refractivity contribution in [1.82, 2.24) is 14.9 Å². The number of rotatable bonds is 4. The number of likely N-dealkylation sites (N-methyl/N-ethyl adjacent to an activating group) is 1. The smallest absolute Gasteiger partial charge is 0.172 e. The van der Waals surface area contributed by atoms with Crippen LogP contribution in [-0.2, 0) is 0 Å². The molecule has 0 radical (unpaired) electrons. The van der Waals surface area contributed by atoms with Crippen LogP contribution in [-0.4, -0.2) is 42.1 Å². The second-order valence-corrected chi connectivity index (χ2v) is 4.44. The molecule has 1 N–H and O–H groups in total. The maximum atomic E-state index is 6.07. The summed E-state index contributed by atoms with van der Waals surface area (Å²) in [4.78, 5) is 10.8. The van der Waals surface area contributed by atoms with Gasteiger partial charge in [-0.3, -0.25) is 0 Å². The Hall–Kier alpha value is -1.39. The first-order valence-electron chi connectivity index (χ1n) is 5.47. The molecule has 0 aliphatic rings. The summed E-state index contributed by atoms with van der Waals surface area (Å²) < 4.78 is 0. The quantitative estimate of drug-likeness (QED) is 0.904. The van der Waals surface area contributed by atoms with E-state index in [2.05, 4.69) is 20.2 Å². The summed E-state index contributed by atoms with van der Waals surface area (Å²) in [6.07, 6.45) is 0. The molecule has 0 spiro atoms. The Labute approximate surface area is 106 Å². The summed E-state index contributed by atoms with van der Waals surface area (Å²) in [7, 11) is 4.05. The molecular weight excluding hydrogens is 236 g/mol. The maximum Gasteiger partial charge on any atom is 0.172 e. The second-order valence-electron chi connectivity index (χ2n) is 4.08. The number of anilines is 1. The number of benzene rings is 1. The fraction of sp³-hybridized carbons (Fsp3) is 0.333. The molecule has 5 heteroatoms. The van der Waals surface area contributed by atoms with Crippen LogP contribution in [0.2, 0.25) is 5.15 Å². The van der Waals surface area contributed by atoms with Crippen LogP contribution in [0.25, 0.3) is 11.0 Å². The molecule has 0 aliphatic carbocycles. The number of aromatic nitrogens is 2. The van der Waals surface area contributed by atoms with Crippen molar-refractivity contribution in [1.29, 1.82) is 0 Å². The number of fused-ring (bicyclic) bond motifs is 1. The van der Waals surface area contributed by atoms with Gasteiger partial charge in [0, 0.05) is 13.1 Å². The monoisotopic (exact) mass is 250 g/mol. The van der Waals surface area contributed by atoms with E-state index in [1.807, 2.05) is 38.4 Å². The van der Waals surface area contributed by atoms with Crippen LogP contribution in [0.1, 0.15) is 0 Å². The number of halogens is 1. The molecule has 0 saturated heterocycles. The standard InChI is InChI=1S/C12H15ClN4/c1-17(2)8-7-14-12-11(13)15-9-5-3-4-6-10(9)16-12/h3-6H,7-8H2,1-2H3,(H,14,16). The molecule has 4 nitrogen and oxygen atoms in total. The largest absolute Gasteiger partial charge is 0.366 e. The molecule has 2 rings (SSSR count). The van der Waals surface area contributed by atoms with Crippen molar-refractivity contribution in [2.24, 2.45) is 0 Å². The van der Waals surface area contributed by atoms with E-state index < -0.39 is 0 Å². The Morgan fingerprint density at radius 1 is 1.18 bits per heavy atom. The third-order valence-corrected chi connectivity index (χ3v) is 2.64. The van der Waals surface area contributed by atoms with Gasteiger partial charge in [-0.05, 0) is 26.2 Å². The Balaban J connectivity index is 2.19. The van der Waals surface area contributed by atoms with Crippen LogP contribution in [0.3, 0.4) is 0 Å².